The van der Waals surface area contributed by atoms with Crippen molar-refractivity contribution in [1.82, 2.24) is 4.90 Å². The maximum absolute atomic E-state index is 12.0. The molecule has 0 unspecified atom stereocenters. The topological polar surface area (TPSA) is 57.6 Å². The quantitative estimate of drug-likeness (QED) is 0.832. The molecule has 1 amide bonds. The van der Waals surface area contributed by atoms with Crippen molar-refractivity contribution in [3.8, 4) is 0 Å². The number of nitrogens with zero attached hydrogens (tertiary/aromatic N) is 1. The van der Waals surface area contributed by atoms with Gasteiger partial charge in [-0.2, -0.15) is 0 Å². The summed E-state index contributed by atoms with van der Waals surface area (Å²) >= 11 is 1.65. The van der Waals surface area contributed by atoms with E-state index in [1.54, 1.807) is 30.2 Å². The van der Waals surface area contributed by atoms with Gasteiger partial charge in [0.25, 0.3) is 0 Å². The Morgan fingerprint density at radius 3 is 2.50 bits per heavy atom. The van der Waals surface area contributed by atoms with Crippen LogP contribution in [0.2, 0.25) is 0 Å². The first-order valence-electron chi connectivity index (χ1n) is 5.62. The lowest BCUT2D eigenvalue weighted by Crippen LogP contribution is -2.30. The number of carbonyl (C=O) groups excluding carboxylic acids is 1. The van der Waals surface area contributed by atoms with E-state index in [1.165, 1.54) is 11.8 Å². The SMILES string of the molecule is C/C(C(=O)O)=C(/C)C(=O)N(C)CCc1cccs1. The molecule has 0 aliphatic heterocycles. The number of hydrogen-bond acceptors (Lipinski definition) is 3. The number of aliphatic carboxylic acids is 1. The van der Waals surface area contributed by atoms with Crippen LogP contribution >= 0.6 is 11.3 Å². The van der Waals surface area contributed by atoms with Crippen molar-refractivity contribution < 1.29 is 14.7 Å². The second kappa shape index (κ2) is 6.35. The van der Waals surface area contributed by atoms with Crippen LogP contribution in [0.15, 0.2) is 28.7 Å². The maximum Gasteiger partial charge on any atom is 0.331 e. The summed E-state index contributed by atoms with van der Waals surface area (Å²) in [6, 6.07) is 4.00. The zero-order chi connectivity index (χ0) is 13.7. The largest absolute Gasteiger partial charge is 0.478 e. The molecule has 1 heterocycles. The number of rotatable bonds is 5. The van der Waals surface area contributed by atoms with E-state index in [1.807, 2.05) is 17.5 Å². The Morgan fingerprint density at radius 1 is 1.33 bits per heavy atom. The smallest absolute Gasteiger partial charge is 0.331 e. The van der Waals surface area contributed by atoms with Gasteiger partial charge in [0.05, 0.1) is 0 Å². The van der Waals surface area contributed by atoms with Gasteiger partial charge in [0.1, 0.15) is 0 Å². The third-order valence-corrected chi connectivity index (χ3v) is 3.76. The summed E-state index contributed by atoms with van der Waals surface area (Å²) in [6.07, 6.45) is 0.791. The van der Waals surface area contributed by atoms with Crippen LogP contribution in [-0.2, 0) is 16.0 Å². The summed E-state index contributed by atoms with van der Waals surface area (Å²) in [7, 11) is 1.69. The predicted octanol–water partition coefficient (Wildman–Crippen LogP) is 2.17. The highest BCUT2D eigenvalue weighted by Gasteiger charge is 2.16. The minimum atomic E-state index is -1.05. The van der Waals surface area contributed by atoms with Crippen LogP contribution < -0.4 is 0 Å². The lowest BCUT2D eigenvalue weighted by molar-refractivity contribution is -0.133. The van der Waals surface area contributed by atoms with Crippen molar-refractivity contribution in [2.75, 3.05) is 13.6 Å². The van der Waals surface area contributed by atoms with Gasteiger partial charge in [0.2, 0.25) is 5.91 Å². The third-order valence-electron chi connectivity index (χ3n) is 2.82. The molecule has 18 heavy (non-hydrogen) atoms. The molecule has 0 radical (unpaired) electrons. The second-order valence-electron chi connectivity index (χ2n) is 4.11. The summed E-state index contributed by atoms with van der Waals surface area (Å²) in [6.45, 7) is 3.58. The summed E-state index contributed by atoms with van der Waals surface area (Å²) in [5.41, 5.74) is 0.388. The molecule has 4 nitrogen and oxygen atoms in total. The van der Waals surface area contributed by atoms with Crippen molar-refractivity contribution in [2.45, 2.75) is 20.3 Å². The van der Waals surface area contributed by atoms with Crippen molar-refractivity contribution in [3.63, 3.8) is 0 Å². The third kappa shape index (κ3) is 3.70. The molecule has 0 aliphatic carbocycles. The molecule has 0 saturated heterocycles. The van der Waals surface area contributed by atoms with Gasteiger partial charge in [0, 0.05) is 29.6 Å². The molecule has 1 aromatic rings. The molecule has 0 saturated carbocycles. The molecule has 98 valence electrons. The zero-order valence-electron chi connectivity index (χ0n) is 10.8. The molecule has 0 atom stereocenters. The maximum atomic E-state index is 12.0. The Hall–Kier alpha value is -1.62. The highest BCUT2D eigenvalue weighted by molar-refractivity contribution is 7.09. The van der Waals surface area contributed by atoms with Crippen LogP contribution in [-0.4, -0.2) is 35.5 Å². The Bertz CT molecular complexity index is 463. The molecule has 0 fully saturated rings. The molecular weight excluding hydrogens is 250 g/mol. The molecule has 0 bridgehead atoms. The van der Waals surface area contributed by atoms with Crippen molar-refractivity contribution in [2.24, 2.45) is 0 Å². The van der Waals surface area contributed by atoms with Gasteiger partial charge in [0.15, 0.2) is 0 Å². The predicted molar refractivity (Wildman–Crippen MR) is 71.7 cm³/mol. The molecule has 0 aliphatic rings. The fourth-order valence-electron chi connectivity index (χ4n) is 1.44. The van der Waals surface area contributed by atoms with E-state index in [-0.39, 0.29) is 17.1 Å². The van der Waals surface area contributed by atoms with Gasteiger partial charge >= 0.3 is 5.97 Å². The highest BCUT2D eigenvalue weighted by atomic mass is 32.1. The first-order valence-corrected chi connectivity index (χ1v) is 6.50. The fraction of sp³-hybridized carbons (Fsp3) is 0.385. The molecular formula is C13H17NO3S. The van der Waals surface area contributed by atoms with Crippen LogP contribution in [0.3, 0.4) is 0 Å². The number of carbonyl (C=O) groups is 2. The number of thiophene rings is 1. The minimum Gasteiger partial charge on any atom is -0.478 e. The van der Waals surface area contributed by atoms with E-state index in [0.717, 1.165) is 6.42 Å². The van der Waals surface area contributed by atoms with Crippen LogP contribution in [0.4, 0.5) is 0 Å². The van der Waals surface area contributed by atoms with Crippen molar-refractivity contribution >= 4 is 23.2 Å². The molecule has 0 spiro atoms. The summed E-state index contributed by atoms with van der Waals surface area (Å²) < 4.78 is 0. The van der Waals surface area contributed by atoms with Gasteiger partial charge < -0.3 is 10.0 Å². The van der Waals surface area contributed by atoms with Gasteiger partial charge in [-0.05, 0) is 31.7 Å². The first kappa shape index (κ1) is 14.4. The summed E-state index contributed by atoms with van der Waals surface area (Å²) in [5.74, 6) is -1.28. The monoisotopic (exact) mass is 267 g/mol. The second-order valence-corrected chi connectivity index (χ2v) is 5.14. The van der Waals surface area contributed by atoms with Crippen molar-refractivity contribution in [1.29, 1.82) is 0 Å². The van der Waals surface area contributed by atoms with Gasteiger partial charge in [-0.25, -0.2) is 4.79 Å². The number of carboxylic acid groups (broad SMARTS) is 1. The summed E-state index contributed by atoms with van der Waals surface area (Å²) in [5, 5.41) is 10.8. The van der Waals surface area contributed by atoms with Crippen LogP contribution in [0, 0.1) is 0 Å². The fourth-order valence-corrected chi connectivity index (χ4v) is 2.14. The van der Waals surface area contributed by atoms with Crippen LogP contribution in [0.5, 0.6) is 0 Å². The lowest BCUT2D eigenvalue weighted by atomic mass is 10.1. The number of hydrogen-bond donors (Lipinski definition) is 1. The van der Waals surface area contributed by atoms with E-state index >= 15 is 0 Å². The number of likely N-dealkylation sites (N-methyl/N-ethyl adjacent to an activating group) is 1. The Kier molecular flexibility index (Phi) is 5.09. The lowest BCUT2D eigenvalue weighted by Gasteiger charge is -2.17. The van der Waals surface area contributed by atoms with E-state index in [2.05, 4.69) is 0 Å². The molecule has 5 heteroatoms. The van der Waals surface area contributed by atoms with Crippen LogP contribution in [0.1, 0.15) is 18.7 Å². The molecule has 0 aromatic carbocycles. The van der Waals surface area contributed by atoms with Gasteiger partial charge in [-0.1, -0.05) is 6.07 Å². The highest BCUT2D eigenvalue weighted by Crippen LogP contribution is 2.11. The Balaban J connectivity index is 2.61. The van der Waals surface area contributed by atoms with E-state index in [4.69, 9.17) is 5.11 Å². The minimum absolute atomic E-state index is 0.1000. The van der Waals surface area contributed by atoms with E-state index in [0.29, 0.717) is 6.54 Å². The molecule has 1 rings (SSSR count). The first-order chi connectivity index (χ1) is 8.43. The van der Waals surface area contributed by atoms with Gasteiger partial charge in [-0.15, -0.1) is 11.3 Å². The standard InChI is InChI=1S/C13H17NO3S/c1-9(10(2)13(16)17)12(15)14(3)7-6-11-5-4-8-18-11/h4-5,8H,6-7H2,1-3H3,(H,16,17)/b10-9+. The summed E-state index contributed by atoms with van der Waals surface area (Å²) in [4.78, 5) is 25.5. The van der Waals surface area contributed by atoms with E-state index in [9.17, 15) is 9.59 Å². The normalized spacial score (nSPS) is 11.9. The van der Waals surface area contributed by atoms with Gasteiger partial charge in [-0.3, -0.25) is 4.79 Å². The Morgan fingerprint density at radius 2 is 2.00 bits per heavy atom. The van der Waals surface area contributed by atoms with Crippen molar-refractivity contribution in [3.05, 3.63) is 33.5 Å². The van der Waals surface area contributed by atoms with Crippen LogP contribution in [0.25, 0.3) is 0 Å². The number of amides is 1. The van der Waals surface area contributed by atoms with E-state index < -0.39 is 5.97 Å². The molecule has 1 aromatic heterocycles. The molecule has 1 N–H and O–H groups in total. The average Bonchev–Trinajstić information content (AvgIpc) is 2.86. The zero-order valence-corrected chi connectivity index (χ0v) is 11.6. The average molecular weight is 267 g/mol. The Labute approximate surface area is 111 Å². The number of carboxylic acids is 1.